The second-order valence-electron chi connectivity index (χ2n) is 6.91. The molecule has 0 aliphatic carbocycles. The average Bonchev–Trinajstić information content (AvgIpc) is 3.14. The Balaban J connectivity index is 2.13. The quantitative estimate of drug-likeness (QED) is 0.348. The number of benzene rings is 2. The van der Waals surface area contributed by atoms with Gasteiger partial charge in [-0.1, -0.05) is 24.3 Å². The highest BCUT2D eigenvalue weighted by atomic mass is 19.1. The van der Waals surface area contributed by atoms with Crippen molar-refractivity contribution >= 4 is 29.0 Å². The first-order chi connectivity index (χ1) is 15.2. The smallest absolute Gasteiger partial charge is 0.409 e. The van der Waals surface area contributed by atoms with Crippen molar-refractivity contribution in [1.29, 1.82) is 0 Å². The van der Waals surface area contributed by atoms with E-state index in [2.05, 4.69) is 9.72 Å². The van der Waals surface area contributed by atoms with E-state index in [1.165, 1.54) is 31.3 Å². The molecule has 3 aromatic rings. The van der Waals surface area contributed by atoms with Gasteiger partial charge >= 0.3 is 12.1 Å². The number of aromatic nitrogens is 1. The monoisotopic (exact) mass is 441 g/mol. The van der Waals surface area contributed by atoms with Crippen molar-refractivity contribution in [2.24, 2.45) is 0 Å². The van der Waals surface area contributed by atoms with Crippen molar-refractivity contribution in [2.75, 3.05) is 21.3 Å². The molecule has 0 atom stereocenters. The van der Waals surface area contributed by atoms with Crippen LogP contribution in [0.25, 0.3) is 28.2 Å². The molecule has 0 unspecified atom stereocenters. The third-order valence-corrected chi connectivity index (χ3v) is 4.82. The zero-order valence-electron chi connectivity index (χ0n) is 17.5. The number of halogens is 1. The molecule has 0 saturated carbocycles. The summed E-state index contributed by atoms with van der Waals surface area (Å²) >= 11 is 0. The fourth-order valence-corrected chi connectivity index (χ4v) is 3.39. The number of nitro groups is 1. The predicted octanol–water partition coefficient (Wildman–Crippen LogP) is 4.21. The maximum atomic E-state index is 14.1. The topological polar surface area (TPSA) is 115 Å². The van der Waals surface area contributed by atoms with Crippen LogP contribution in [0, 0.1) is 15.9 Å². The third-order valence-electron chi connectivity index (χ3n) is 4.82. The number of amides is 1. The number of H-pyrrole nitrogens is 1. The molecule has 2 aromatic carbocycles. The molecule has 0 spiro atoms. The Morgan fingerprint density at radius 3 is 2.47 bits per heavy atom. The highest BCUT2D eigenvalue weighted by molar-refractivity contribution is 6.09. The van der Waals surface area contributed by atoms with Crippen LogP contribution in [0.5, 0.6) is 0 Å². The van der Waals surface area contributed by atoms with Crippen molar-refractivity contribution in [3.05, 3.63) is 75.2 Å². The lowest BCUT2D eigenvalue weighted by atomic mass is 10.0. The van der Waals surface area contributed by atoms with Crippen LogP contribution in [-0.2, 0) is 16.0 Å². The molecule has 0 aliphatic rings. The number of carbonyl (C=O) groups is 2. The fourth-order valence-electron chi connectivity index (χ4n) is 3.39. The summed E-state index contributed by atoms with van der Waals surface area (Å²) in [5.41, 5.74) is 2.51. The minimum Gasteiger partial charge on any atom is -0.465 e. The van der Waals surface area contributed by atoms with Crippen LogP contribution in [0.4, 0.5) is 9.18 Å². The number of nitrogens with zero attached hydrogens (tertiary/aromatic N) is 2. The lowest BCUT2D eigenvalue weighted by molar-refractivity contribution is -0.400. The SMILES string of the molecule is COC(=O)c1cc(F)cc2[nH]c(-c3ccc(CN(C)C(=O)OC)cc3)c(C=C[N+](=O)[O-])c12. The average molecular weight is 441 g/mol. The van der Waals surface area contributed by atoms with Gasteiger partial charge in [-0.3, -0.25) is 10.1 Å². The summed E-state index contributed by atoms with van der Waals surface area (Å²) in [4.78, 5) is 38.6. The van der Waals surface area contributed by atoms with E-state index >= 15 is 0 Å². The number of fused-ring (bicyclic) bond motifs is 1. The molecule has 0 radical (unpaired) electrons. The summed E-state index contributed by atoms with van der Waals surface area (Å²) < 4.78 is 23.6. The maximum Gasteiger partial charge on any atom is 0.409 e. The number of ether oxygens (including phenoxy) is 2. The van der Waals surface area contributed by atoms with Crippen molar-refractivity contribution in [1.82, 2.24) is 9.88 Å². The second kappa shape index (κ2) is 9.29. The van der Waals surface area contributed by atoms with Crippen molar-refractivity contribution in [2.45, 2.75) is 6.54 Å². The number of aromatic amines is 1. The van der Waals surface area contributed by atoms with Gasteiger partial charge in [0.1, 0.15) is 5.82 Å². The number of carbonyl (C=O) groups excluding carboxylic acids is 2. The molecule has 1 amide bonds. The number of nitrogens with one attached hydrogen (secondary N) is 1. The minimum absolute atomic E-state index is 0.0516. The van der Waals surface area contributed by atoms with E-state index in [1.807, 2.05) is 0 Å². The normalized spacial score (nSPS) is 11.0. The standard InChI is InChI=1S/C22H20FN3O6/c1-25(22(28)32-3)12-13-4-6-14(7-5-13)20-16(8-9-26(29)30)19-17(21(27)31-2)10-15(23)11-18(19)24-20/h4-11,24H,12H2,1-3H3. The lowest BCUT2D eigenvalue weighted by Gasteiger charge is -2.15. The zero-order valence-corrected chi connectivity index (χ0v) is 17.5. The lowest BCUT2D eigenvalue weighted by Crippen LogP contribution is -2.25. The van der Waals surface area contributed by atoms with Gasteiger partial charge in [0.05, 0.1) is 35.9 Å². The summed E-state index contributed by atoms with van der Waals surface area (Å²) in [6, 6.07) is 9.30. The Kier molecular flexibility index (Phi) is 6.53. The second-order valence-corrected chi connectivity index (χ2v) is 6.91. The molecule has 0 saturated heterocycles. The highest BCUT2D eigenvalue weighted by Gasteiger charge is 2.21. The molecule has 9 nitrogen and oxygen atoms in total. The summed E-state index contributed by atoms with van der Waals surface area (Å²) in [5, 5.41) is 11.3. The van der Waals surface area contributed by atoms with Gasteiger partial charge in [-0.25, -0.2) is 14.0 Å². The van der Waals surface area contributed by atoms with E-state index < -0.39 is 22.8 Å². The van der Waals surface area contributed by atoms with Crippen molar-refractivity contribution < 1.29 is 28.4 Å². The molecule has 1 aromatic heterocycles. The molecule has 32 heavy (non-hydrogen) atoms. The van der Waals surface area contributed by atoms with Crippen LogP contribution in [-0.4, -0.2) is 48.1 Å². The molecular weight excluding hydrogens is 421 g/mol. The van der Waals surface area contributed by atoms with E-state index in [4.69, 9.17) is 4.74 Å². The van der Waals surface area contributed by atoms with Gasteiger partial charge < -0.3 is 19.4 Å². The molecule has 166 valence electrons. The van der Waals surface area contributed by atoms with Crippen LogP contribution >= 0.6 is 0 Å². The molecule has 0 fully saturated rings. The first-order valence-corrected chi connectivity index (χ1v) is 9.38. The van der Waals surface area contributed by atoms with Crippen LogP contribution in [0.1, 0.15) is 21.5 Å². The molecule has 0 bridgehead atoms. The Morgan fingerprint density at radius 1 is 1.19 bits per heavy atom. The summed E-state index contributed by atoms with van der Waals surface area (Å²) in [6.07, 6.45) is 1.52. The fraction of sp³-hybridized carbons (Fsp3) is 0.182. The van der Waals surface area contributed by atoms with Gasteiger partial charge in [0, 0.05) is 30.6 Å². The largest absolute Gasteiger partial charge is 0.465 e. The Hall–Kier alpha value is -4.21. The summed E-state index contributed by atoms with van der Waals surface area (Å²) in [5.74, 6) is -1.42. The van der Waals surface area contributed by atoms with Crippen LogP contribution in [0.3, 0.4) is 0 Å². The third kappa shape index (κ3) is 4.59. The molecule has 1 N–H and O–H groups in total. The van der Waals surface area contributed by atoms with Crippen LogP contribution < -0.4 is 0 Å². The molecule has 10 heteroatoms. The molecule has 3 rings (SSSR count). The molecular formula is C22H20FN3O6. The number of methoxy groups -OCH3 is 2. The Bertz CT molecular complexity index is 1220. The zero-order chi connectivity index (χ0) is 23.4. The first-order valence-electron chi connectivity index (χ1n) is 9.38. The van der Waals surface area contributed by atoms with Gasteiger partial charge in [-0.2, -0.15) is 0 Å². The van der Waals surface area contributed by atoms with Gasteiger partial charge in [0.15, 0.2) is 0 Å². The predicted molar refractivity (Wildman–Crippen MR) is 115 cm³/mol. The minimum atomic E-state index is -0.767. The van der Waals surface area contributed by atoms with Gasteiger partial charge in [0.2, 0.25) is 6.20 Å². The summed E-state index contributed by atoms with van der Waals surface area (Å²) in [6.45, 7) is 0.311. The molecule has 0 aliphatic heterocycles. The van der Waals surface area contributed by atoms with Crippen LogP contribution in [0.15, 0.2) is 42.6 Å². The van der Waals surface area contributed by atoms with Gasteiger partial charge in [0.25, 0.3) is 0 Å². The number of hydrogen-bond acceptors (Lipinski definition) is 6. The Morgan fingerprint density at radius 2 is 1.88 bits per heavy atom. The number of hydrogen-bond donors (Lipinski definition) is 1. The van der Waals surface area contributed by atoms with E-state index in [0.717, 1.165) is 17.8 Å². The first kappa shape index (κ1) is 22.5. The number of esters is 1. The van der Waals surface area contributed by atoms with Crippen molar-refractivity contribution in [3.8, 4) is 11.3 Å². The van der Waals surface area contributed by atoms with Gasteiger partial charge in [-0.15, -0.1) is 0 Å². The van der Waals surface area contributed by atoms with E-state index in [-0.39, 0.29) is 11.1 Å². The molecule has 1 heterocycles. The Labute approximate surface area is 182 Å². The van der Waals surface area contributed by atoms with Gasteiger partial charge in [-0.05, 0) is 23.3 Å². The van der Waals surface area contributed by atoms with E-state index in [1.54, 1.807) is 31.3 Å². The highest BCUT2D eigenvalue weighted by Crippen LogP contribution is 2.35. The maximum absolute atomic E-state index is 14.1. The van der Waals surface area contributed by atoms with Crippen LogP contribution in [0.2, 0.25) is 0 Å². The van der Waals surface area contributed by atoms with E-state index in [9.17, 15) is 24.1 Å². The summed E-state index contributed by atoms with van der Waals surface area (Å²) in [7, 11) is 4.06. The van der Waals surface area contributed by atoms with Crippen molar-refractivity contribution in [3.63, 3.8) is 0 Å². The number of rotatable bonds is 6. The van der Waals surface area contributed by atoms with E-state index in [0.29, 0.717) is 28.8 Å².